The van der Waals surface area contributed by atoms with E-state index in [0.29, 0.717) is 17.7 Å². The molecule has 0 aliphatic carbocycles. The summed E-state index contributed by atoms with van der Waals surface area (Å²) in [6, 6.07) is 13.5. The maximum Gasteiger partial charge on any atom is 0.408 e. The van der Waals surface area contributed by atoms with Crippen LogP contribution in [0.15, 0.2) is 54.6 Å². The number of rotatable bonds is 11. The van der Waals surface area contributed by atoms with Crippen molar-refractivity contribution in [2.75, 3.05) is 12.0 Å². The van der Waals surface area contributed by atoms with Crippen LogP contribution in [0.2, 0.25) is 0 Å². The number of nitrogens with one attached hydrogen (secondary N) is 2. The van der Waals surface area contributed by atoms with E-state index in [1.165, 1.54) is 17.0 Å². The van der Waals surface area contributed by atoms with Crippen molar-refractivity contribution in [3.8, 4) is 5.75 Å². The van der Waals surface area contributed by atoms with E-state index in [1.54, 1.807) is 44.7 Å². The fourth-order valence-corrected chi connectivity index (χ4v) is 4.29. The van der Waals surface area contributed by atoms with Crippen LogP contribution in [-0.4, -0.2) is 57.6 Å². The minimum atomic E-state index is -1.03. The first-order valence-corrected chi connectivity index (χ1v) is 13.7. The fourth-order valence-electron chi connectivity index (χ4n) is 3.82. The Kier molecular flexibility index (Phi) is 11.3. The molecule has 0 aliphatic rings. The number of phenols is 1. The second-order valence-corrected chi connectivity index (χ2v) is 11.0. The molecule has 0 heterocycles. The predicted molar refractivity (Wildman–Crippen MR) is 147 cm³/mol. The number of alkyl carbamates (subject to hydrolysis) is 1. The maximum absolute atomic E-state index is 14.0. The monoisotopic (exact) mass is 529 g/mol. The van der Waals surface area contributed by atoms with Crippen molar-refractivity contribution >= 4 is 29.7 Å². The van der Waals surface area contributed by atoms with Crippen LogP contribution in [0, 0.1) is 0 Å². The Morgan fingerprint density at radius 1 is 1.05 bits per heavy atom. The molecule has 37 heavy (non-hydrogen) atoms. The number of ether oxygens (including phenoxy) is 1. The number of amides is 3. The van der Waals surface area contributed by atoms with Crippen LogP contribution >= 0.6 is 11.8 Å². The third-order valence-electron chi connectivity index (χ3n) is 5.43. The van der Waals surface area contributed by atoms with Crippen molar-refractivity contribution in [3.63, 3.8) is 0 Å². The molecule has 8 nitrogen and oxygen atoms in total. The lowest BCUT2D eigenvalue weighted by Gasteiger charge is -2.37. The quantitative estimate of drug-likeness (QED) is 0.392. The topological polar surface area (TPSA) is 108 Å². The van der Waals surface area contributed by atoms with E-state index in [4.69, 9.17) is 4.74 Å². The van der Waals surface area contributed by atoms with Gasteiger partial charge >= 0.3 is 6.09 Å². The highest BCUT2D eigenvalue weighted by Gasteiger charge is 2.37. The maximum atomic E-state index is 14.0. The van der Waals surface area contributed by atoms with E-state index >= 15 is 0 Å². The molecule has 0 spiro atoms. The summed E-state index contributed by atoms with van der Waals surface area (Å²) < 4.78 is 5.39. The van der Waals surface area contributed by atoms with E-state index in [0.717, 1.165) is 5.56 Å². The number of phenolic OH excluding ortho intramolecular Hbond substituents is 1. The second kappa shape index (κ2) is 13.9. The molecule has 2 aromatic rings. The van der Waals surface area contributed by atoms with Crippen molar-refractivity contribution in [2.24, 2.45) is 0 Å². The van der Waals surface area contributed by atoms with Crippen molar-refractivity contribution < 1.29 is 24.2 Å². The highest BCUT2D eigenvalue weighted by molar-refractivity contribution is 7.98. The molecule has 2 unspecified atom stereocenters. The van der Waals surface area contributed by atoms with Gasteiger partial charge < -0.3 is 25.4 Å². The van der Waals surface area contributed by atoms with Gasteiger partial charge in [0.15, 0.2) is 0 Å². The Morgan fingerprint density at radius 2 is 1.73 bits per heavy atom. The van der Waals surface area contributed by atoms with Crippen LogP contribution in [0.3, 0.4) is 0 Å². The Hall–Kier alpha value is -3.20. The van der Waals surface area contributed by atoms with Crippen molar-refractivity contribution in [3.05, 3.63) is 65.7 Å². The number of benzene rings is 2. The molecule has 0 bridgehead atoms. The number of carbonyl (C=O) groups excluding carboxylic acids is 3. The molecule has 0 saturated heterocycles. The van der Waals surface area contributed by atoms with Gasteiger partial charge in [-0.3, -0.25) is 9.59 Å². The third kappa shape index (κ3) is 9.64. The van der Waals surface area contributed by atoms with Gasteiger partial charge in [-0.2, -0.15) is 11.8 Å². The molecule has 0 aromatic heterocycles. The molecule has 2 aromatic carbocycles. The van der Waals surface area contributed by atoms with Crippen LogP contribution in [0.4, 0.5) is 4.79 Å². The van der Waals surface area contributed by atoms with Crippen LogP contribution in [0.25, 0.3) is 0 Å². The van der Waals surface area contributed by atoms with Gasteiger partial charge in [0.2, 0.25) is 11.8 Å². The lowest BCUT2D eigenvalue weighted by molar-refractivity contribution is -0.144. The number of hydrogen-bond acceptors (Lipinski definition) is 6. The molecule has 2 rings (SSSR count). The molecular weight excluding hydrogens is 490 g/mol. The zero-order valence-electron chi connectivity index (χ0n) is 22.5. The Bertz CT molecular complexity index is 1040. The lowest BCUT2D eigenvalue weighted by atomic mass is 10.00. The normalized spacial score (nSPS) is 12.9. The van der Waals surface area contributed by atoms with Crippen LogP contribution in [-0.2, 0) is 20.9 Å². The molecule has 2 atom stereocenters. The molecule has 3 N–H and O–H groups in total. The van der Waals surface area contributed by atoms with Crippen molar-refractivity contribution in [2.45, 2.75) is 71.3 Å². The van der Waals surface area contributed by atoms with E-state index < -0.39 is 35.6 Å². The zero-order chi connectivity index (χ0) is 27.6. The lowest BCUT2D eigenvalue weighted by Crippen LogP contribution is -2.55. The summed E-state index contributed by atoms with van der Waals surface area (Å²) in [6.45, 7) is 9.16. The predicted octanol–water partition coefficient (Wildman–Crippen LogP) is 4.63. The number of aromatic hydroxyl groups is 1. The molecule has 0 aliphatic heterocycles. The first-order chi connectivity index (χ1) is 17.4. The van der Waals surface area contributed by atoms with Crippen LogP contribution < -0.4 is 10.6 Å². The summed E-state index contributed by atoms with van der Waals surface area (Å²) in [7, 11) is 0. The van der Waals surface area contributed by atoms with Crippen LogP contribution in [0.1, 0.15) is 58.2 Å². The second-order valence-electron chi connectivity index (χ2n) is 10.0. The largest absolute Gasteiger partial charge is 0.508 e. The molecule has 202 valence electrons. The SMILES string of the molecule is CSCCC(NC(=O)OC(C)(C)C)C(=O)N(C(C)C)C(C(=O)NCc1ccccc1)c1cccc(O)c1. The van der Waals surface area contributed by atoms with Crippen molar-refractivity contribution in [1.82, 2.24) is 15.5 Å². The van der Waals surface area contributed by atoms with E-state index in [-0.39, 0.29) is 18.3 Å². The number of hydrogen-bond donors (Lipinski definition) is 3. The molecule has 9 heteroatoms. The average Bonchev–Trinajstić information content (AvgIpc) is 2.82. The van der Waals surface area contributed by atoms with Gasteiger partial charge in [-0.15, -0.1) is 0 Å². The highest BCUT2D eigenvalue weighted by Crippen LogP contribution is 2.28. The van der Waals surface area contributed by atoms with Gasteiger partial charge in [0.1, 0.15) is 23.4 Å². The summed E-state index contributed by atoms with van der Waals surface area (Å²) in [5.74, 6) is -0.189. The first-order valence-electron chi connectivity index (χ1n) is 12.3. The Labute approximate surface area is 224 Å². The molecule has 0 fully saturated rings. The first kappa shape index (κ1) is 30.0. The summed E-state index contributed by atoms with van der Waals surface area (Å²) in [6.07, 6.45) is 1.58. The fraction of sp³-hybridized carbons (Fsp3) is 0.464. The van der Waals surface area contributed by atoms with E-state index in [1.807, 2.05) is 50.4 Å². The highest BCUT2D eigenvalue weighted by atomic mass is 32.2. The van der Waals surface area contributed by atoms with Crippen LogP contribution in [0.5, 0.6) is 5.75 Å². The molecule has 3 amide bonds. The standard InChI is InChI=1S/C28H39N3O5S/c1-19(2)31(26(34)23(15-16-37-6)30-27(35)36-28(3,4)5)24(21-13-10-14-22(32)17-21)25(33)29-18-20-11-8-7-9-12-20/h7-14,17,19,23-24,32H,15-16,18H2,1-6H3,(H,29,33)(H,30,35). The van der Waals surface area contributed by atoms with Crippen molar-refractivity contribution in [1.29, 1.82) is 0 Å². The summed E-state index contributed by atoms with van der Waals surface area (Å²) >= 11 is 1.55. The smallest absolute Gasteiger partial charge is 0.408 e. The summed E-state index contributed by atoms with van der Waals surface area (Å²) in [5, 5.41) is 15.8. The third-order valence-corrected chi connectivity index (χ3v) is 6.08. The van der Waals surface area contributed by atoms with E-state index in [2.05, 4.69) is 10.6 Å². The minimum absolute atomic E-state index is 0.0136. The summed E-state index contributed by atoms with van der Waals surface area (Å²) in [4.78, 5) is 41.6. The van der Waals surface area contributed by atoms with Gasteiger partial charge in [0.25, 0.3) is 0 Å². The zero-order valence-corrected chi connectivity index (χ0v) is 23.3. The number of thioether (sulfide) groups is 1. The molecular formula is C28H39N3O5S. The van der Waals surface area contributed by atoms with E-state index in [9.17, 15) is 19.5 Å². The number of carbonyl (C=O) groups is 3. The average molecular weight is 530 g/mol. The Morgan fingerprint density at radius 3 is 2.30 bits per heavy atom. The van der Waals surface area contributed by atoms with Gasteiger partial charge in [0.05, 0.1) is 0 Å². The van der Waals surface area contributed by atoms with Gasteiger partial charge in [0, 0.05) is 12.6 Å². The Balaban J connectivity index is 2.42. The van der Waals surface area contributed by atoms with Gasteiger partial charge in [-0.05, 0) is 76.3 Å². The summed E-state index contributed by atoms with van der Waals surface area (Å²) in [5.41, 5.74) is 0.655. The van der Waals surface area contributed by atoms with Gasteiger partial charge in [-0.1, -0.05) is 42.5 Å². The molecule has 0 radical (unpaired) electrons. The molecule has 0 saturated carbocycles. The van der Waals surface area contributed by atoms with Gasteiger partial charge in [-0.25, -0.2) is 4.79 Å². The number of nitrogens with zero attached hydrogens (tertiary/aromatic N) is 1. The minimum Gasteiger partial charge on any atom is -0.508 e.